The molecule has 6 nitrogen and oxygen atoms in total. The van der Waals surface area contributed by atoms with E-state index in [2.05, 4.69) is 29.4 Å². The van der Waals surface area contributed by atoms with Crippen LogP contribution in [0.4, 0.5) is 14.9 Å². The van der Waals surface area contributed by atoms with Gasteiger partial charge in [0.1, 0.15) is 5.82 Å². The summed E-state index contributed by atoms with van der Waals surface area (Å²) in [5, 5.41) is 6.05. The average molecular weight is 457 g/mol. The minimum absolute atomic E-state index is 0.0535. The molecule has 4 aliphatic carbocycles. The third-order valence-electron chi connectivity index (χ3n) is 8.68. The predicted molar refractivity (Wildman–Crippen MR) is 126 cm³/mol. The van der Waals surface area contributed by atoms with Gasteiger partial charge in [-0.1, -0.05) is 19.9 Å². The van der Waals surface area contributed by atoms with Crippen LogP contribution in [0.2, 0.25) is 0 Å². The van der Waals surface area contributed by atoms with E-state index in [1.165, 1.54) is 25.3 Å². The minimum Gasteiger partial charge on any atom is -0.369 e. The Morgan fingerprint density at radius 1 is 1.09 bits per heavy atom. The first kappa shape index (κ1) is 22.6. The molecule has 1 aromatic rings. The quantitative estimate of drug-likeness (QED) is 0.614. The molecular formula is C26H37FN4O2. The first-order valence-corrected chi connectivity index (χ1v) is 12.4. The van der Waals surface area contributed by atoms with E-state index in [9.17, 15) is 14.0 Å². The predicted octanol–water partition coefficient (Wildman–Crippen LogP) is 4.39. The second-order valence-electron chi connectivity index (χ2n) is 12.3. The number of nitrogens with zero attached hydrogens (tertiary/aromatic N) is 1. The summed E-state index contributed by atoms with van der Waals surface area (Å²) < 4.78 is 14.8. The van der Waals surface area contributed by atoms with Crippen LogP contribution >= 0.6 is 0 Å². The first-order valence-electron chi connectivity index (χ1n) is 12.4. The number of anilines is 1. The van der Waals surface area contributed by atoms with E-state index in [1.807, 2.05) is 6.07 Å². The Hall–Kier alpha value is -2.15. The lowest BCUT2D eigenvalue weighted by molar-refractivity contribution is -0.123. The van der Waals surface area contributed by atoms with Gasteiger partial charge in [-0.3, -0.25) is 9.69 Å². The van der Waals surface area contributed by atoms with Crippen molar-refractivity contribution >= 4 is 17.6 Å². The van der Waals surface area contributed by atoms with Gasteiger partial charge in [0, 0.05) is 18.0 Å². The van der Waals surface area contributed by atoms with Gasteiger partial charge < -0.3 is 16.4 Å². The van der Waals surface area contributed by atoms with Crippen molar-refractivity contribution in [3.63, 3.8) is 0 Å². The van der Waals surface area contributed by atoms with Gasteiger partial charge >= 0.3 is 6.03 Å². The zero-order chi connectivity index (χ0) is 23.4. The van der Waals surface area contributed by atoms with Crippen molar-refractivity contribution in [2.24, 2.45) is 28.4 Å². The minimum atomic E-state index is -0.417. The topological polar surface area (TPSA) is 87.5 Å². The van der Waals surface area contributed by atoms with Crippen molar-refractivity contribution in [2.45, 2.75) is 77.3 Å². The lowest BCUT2D eigenvalue weighted by atomic mass is 9.43. The van der Waals surface area contributed by atoms with Crippen LogP contribution in [0.5, 0.6) is 0 Å². The monoisotopic (exact) mass is 456 g/mol. The number of nitrogens with one attached hydrogen (secondary N) is 2. The summed E-state index contributed by atoms with van der Waals surface area (Å²) in [6.45, 7) is 6.92. The molecule has 1 aliphatic heterocycles. The molecule has 3 amide bonds. The van der Waals surface area contributed by atoms with Crippen molar-refractivity contribution in [1.29, 1.82) is 0 Å². The van der Waals surface area contributed by atoms with E-state index in [1.54, 1.807) is 6.07 Å². The highest BCUT2D eigenvalue weighted by Gasteiger charge is 2.60. The summed E-state index contributed by atoms with van der Waals surface area (Å²) in [5.41, 5.74) is 6.92. The number of halogens is 1. The van der Waals surface area contributed by atoms with Gasteiger partial charge in [-0.05, 0) is 98.9 Å². The maximum atomic E-state index is 14.8. The molecule has 1 aromatic carbocycles. The molecule has 2 unspecified atom stereocenters. The van der Waals surface area contributed by atoms with Crippen molar-refractivity contribution in [1.82, 2.24) is 10.2 Å². The van der Waals surface area contributed by atoms with Gasteiger partial charge in [-0.2, -0.15) is 0 Å². The summed E-state index contributed by atoms with van der Waals surface area (Å²) in [5.74, 6) is -0.0203. The fourth-order valence-electron chi connectivity index (χ4n) is 8.37. The number of hydrogen-bond donors (Lipinski definition) is 3. The van der Waals surface area contributed by atoms with Crippen molar-refractivity contribution in [2.75, 3.05) is 18.4 Å². The zero-order valence-corrected chi connectivity index (χ0v) is 19.9. The molecule has 7 heteroatoms. The van der Waals surface area contributed by atoms with E-state index < -0.39 is 5.82 Å². The molecule has 5 fully saturated rings. The number of piperidine rings is 1. The third kappa shape index (κ3) is 4.61. The Balaban J connectivity index is 1.19. The third-order valence-corrected chi connectivity index (χ3v) is 8.68. The number of rotatable bonds is 5. The van der Waals surface area contributed by atoms with Crippen LogP contribution in [0.25, 0.3) is 0 Å². The Kier molecular flexibility index (Phi) is 5.46. The fraction of sp³-hybridized carbons (Fsp3) is 0.692. The molecule has 0 radical (unpaired) electrons. The molecule has 33 heavy (non-hydrogen) atoms. The maximum absolute atomic E-state index is 14.8. The first-order chi connectivity index (χ1) is 15.5. The van der Waals surface area contributed by atoms with Gasteiger partial charge in [0.2, 0.25) is 5.91 Å². The van der Waals surface area contributed by atoms with Crippen LogP contribution in [0.3, 0.4) is 0 Å². The normalized spacial score (nSPS) is 36.0. The van der Waals surface area contributed by atoms with Crippen molar-refractivity contribution < 1.29 is 14.0 Å². The van der Waals surface area contributed by atoms with Crippen molar-refractivity contribution in [3.8, 4) is 0 Å². The van der Waals surface area contributed by atoms with Crippen molar-refractivity contribution in [3.05, 3.63) is 29.6 Å². The average Bonchev–Trinajstić information content (AvgIpc) is 2.67. The van der Waals surface area contributed by atoms with Crippen LogP contribution in [-0.2, 0) is 11.3 Å². The van der Waals surface area contributed by atoms with Gasteiger partial charge in [0.25, 0.3) is 0 Å². The largest absolute Gasteiger partial charge is 0.369 e. The molecule has 0 aromatic heterocycles. The second-order valence-corrected chi connectivity index (χ2v) is 12.3. The zero-order valence-electron chi connectivity index (χ0n) is 19.9. The molecule has 4 N–H and O–H groups in total. The standard InChI is InChI=1S/C26H37FN4O2/c1-24-10-18-11-25(2,14-24)16-26(12-18,15-24)30-23(33)29-21-4-3-17(9-20(21)27)13-31-7-5-19(6-8-31)22(28)32/h3-4,9,18-19H,5-8,10-16H2,1-2H3,(H2,28,32)(H2,29,30,33)/t18?,24-,25+,26?. The number of likely N-dealkylation sites (tertiary alicyclic amines) is 1. The molecule has 1 heterocycles. The Morgan fingerprint density at radius 3 is 2.33 bits per heavy atom. The summed E-state index contributed by atoms with van der Waals surface area (Å²) in [7, 11) is 0. The van der Waals surface area contributed by atoms with E-state index in [-0.39, 0.29) is 29.1 Å². The van der Waals surface area contributed by atoms with E-state index in [4.69, 9.17) is 5.73 Å². The SMILES string of the molecule is C[C@]12CC3CC(NC(=O)Nc4ccc(CN5CCC(C(N)=O)CC5)cc4F)(C1)C[C@@](C)(C3)C2. The number of primary amides is 1. The molecule has 6 rings (SSSR count). The number of carbonyl (C=O) groups is 2. The Labute approximate surface area is 195 Å². The molecular weight excluding hydrogens is 419 g/mol. The second kappa shape index (κ2) is 7.97. The summed E-state index contributed by atoms with van der Waals surface area (Å²) in [6, 6.07) is 4.72. The van der Waals surface area contributed by atoms with Gasteiger partial charge in [-0.25, -0.2) is 9.18 Å². The molecule has 4 bridgehead atoms. The summed E-state index contributed by atoms with van der Waals surface area (Å²) in [4.78, 5) is 26.5. The molecule has 4 saturated carbocycles. The van der Waals surface area contributed by atoms with E-state index in [0.717, 1.165) is 50.8 Å². The molecule has 180 valence electrons. The van der Waals surface area contributed by atoms with Crippen LogP contribution in [-0.4, -0.2) is 35.5 Å². The molecule has 4 atom stereocenters. The number of carbonyl (C=O) groups excluding carboxylic acids is 2. The maximum Gasteiger partial charge on any atom is 0.319 e. The smallest absolute Gasteiger partial charge is 0.319 e. The number of urea groups is 1. The van der Waals surface area contributed by atoms with E-state index >= 15 is 0 Å². The van der Waals surface area contributed by atoms with Gasteiger partial charge in [0.15, 0.2) is 0 Å². The number of benzene rings is 1. The highest BCUT2D eigenvalue weighted by Crippen LogP contribution is 2.66. The highest BCUT2D eigenvalue weighted by atomic mass is 19.1. The van der Waals surface area contributed by atoms with Crippen LogP contribution in [0, 0.1) is 28.5 Å². The Bertz CT molecular complexity index is 940. The molecule has 5 aliphatic rings. The van der Waals surface area contributed by atoms with E-state index in [0.29, 0.717) is 23.3 Å². The summed E-state index contributed by atoms with van der Waals surface area (Å²) >= 11 is 0. The van der Waals surface area contributed by atoms with Gasteiger partial charge in [-0.15, -0.1) is 0 Å². The fourth-order valence-corrected chi connectivity index (χ4v) is 8.37. The van der Waals surface area contributed by atoms with Gasteiger partial charge in [0.05, 0.1) is 5.69 Å². The van der Waals surface area contributed by atoms with Crippen LogP contribution in [0.1, 0.15) is 70.8 Å². The highest BCUT2D eigenvalue weighted by molar-refractivity contribution is 5.90. The number of hydrogen-bond acceptors (Lipinski definition) is 3. The molecule has 1 saturated heterocycles. The van der Waals surface area contributed by atoms with Crippen LogP contribution in [0.15, 0.2) is 18.2 Å². The number of amides is 3. The Morgan fingerprint density at radius 2 is 1.76 bits per heavy atom. The van der Waals surface area contributed by atoms with Crippen LogP contribution < -0.4 is 16.4 Å². The lowest BCUT2D eigenvalue weighted by Gasteiger charge is -2.65. The summed E-state index contributed by atoms with van der Waals surface area (Å²) in [6.07, 6.45) is 8.36. The lowest BCUT2D eigenvalue weighted by Crippen LogP contribution is -2.65. The number of nitrogens with two attached hydrogens (primary N) is 1. The molecule has 0 spiro atoms.